The molecule has 3 rings (SSSR count). The molecule has 0 spiro atoms. The van der Waals surface area contributed by atoms with Gasteiger partial charge in [0.05, 0.1) is 24.9 Å². The minimum Gasteiger partial charge on any atom is -0.495 e. The maximum absolute atomic E-state index is 12.1. The summed E-state index contributed by atoms with van der Waals surface area (Å²) in [5.41, 5.74) is 0.966. The van der Waals surface area contributed by atoms with E-state index in [2.05, 4.69) is 20.4 Å². The van der Waals surface area contributed by atoms with Gasteiger partial charge in [0.1, 0.15) is 12.1 Å². The van der Waals surface area contributed by atoms with Crippen molar-refractivity contribution in [2.75, 3.05) is 12.4 Å². The van der Waals surface area contributed by atoms with E-state index >= 15 is 0 Å². The van der Waals surface area contributed by atoms with Crippen LogP contribution in [0.2, 0.25) is 0 Å². The van der Waals surface area contributed by atoms with E-state index in [0.717, 1.165) is 0 Å². The molecule has 0 aliphatic carbocycles. The molecule has 3 aromatic rings. The number of rotatable bonds is 4. The maximum atomic E-state index is 12.1. The van der Waals surface area contributed by atoms with Crippen LogP contribution in [0, 0.1) is 0 Å². The molecule has 0 unspecified atom stereocenters. The summed E-state index contributed by atoms with van der Waals surface area (Å²) >= 11 is 0. The van der Waals surface area contributed by atoms with Crippen molar-refractivity contribution in [2.45, 2.75) is 6.42 Å². The summed E-state index contributed by atoms with van der Waals surface area (Å²) < 4.78 is 6.35. The quantitative estimate of drug-likeness (QED) is 0.745. The molecule has 8 nitrogen and oxygen atoms in total. The number of nitrogens with zero attached hydrogens (tertiary/aromatic N) is 4. The van der Waals surface area contributed by atoms with Crippen LogP contribution in [0.25, 0.3) is 5.78 Å². The fourth-order valence-electron chi connectivity index (χ4n) is 2.04. The molecule has 0 radical (unpaired) electrons. The summed E-state index contributed by atoms with van der Waals surface area (Å²) in [4.78, 5) is 20.1. The lowest BCUT2D eigenvalue weighted by atomic mass is 10.2. The first-order valence-electron chi connectivity index (χ1n) is 6.49. The third kappa shape index (κ3) is 2.66. The van der Waals surface area contributed by atoms with Crippen LogP contribution in [0.15, 0.2) is 36.7 Å². The summed E-state index contributed by atoms with van der Waals surface area (Å²) in [6.45, 7) is 0. The average molecular weight is 299 g/mol. The van der Waals surface area contributed by atoms with Crippen molar-refractivity contribution in [2.24, 2.45) is 0 Å². The van der Waals surface area contributed by atoms with Gasteiger partial charge in [0.2, 0.25) is 11.8 Å². The smallest absolute Gasteiger partial charge is 0.255 e. The van der Waals surface area contributed by atoms with Crippen LogP contribution < -0.4 is 10.1 Å². The van der Waals surface area contributed by atoms with E-state index in [0.29, 0.717) is 17.1 Å². The SMILES string of the molecule is COc1ccccc1NC(=O)Cc1cc(O)n2ncnc2n1. The lowest BCUT2D eigenvalue weighted by Gasteiger charge is -2.09. The highest BCUT2D eigenvalue weighted by Gasteiger charge is 2.12. The van der Waals surface area contributed by atoms with E-state index in [-0.39, 0.29) is 24.0 Å². The topological polar surface area (TPSA) is 102 Å². The van der Waals surface area contributed by atoms with Gasteiger partial charge in [-0.2, -0.15) is 14.6 Å². The van der Waals surface area contributed by atoms with E-state index in [4.69, 9.17) is 4.74 Å². The van der Waals surface area contributed by atoms with Crippen molar-refractivity contribution in [3.05, 3.63) is 42.4 Å². The Morgan fingerprint density at radius 1 is 1.41 bits per heavy atom. The van der Waals surface area contributed by atoms with Crippen LogP contribution in [-0.4, -0.2) is 37.7 Å². The Morgan fingerprint density at radius 3 is 3.05 bits per heavy atom. The van der Waals surface area contributed by atoms with Crippen LogP contribution in [0.1, 0.15) is 5.69 Å². The predicted octanol–water partition coefficient (Wildman–Crippen LogP) is 1.02. The van der Waals surface area contributed by atoms with Gasteiger partial charge in [-0.3, -0.25) is 4.79 Å². The number of carbonyl (C=O) groups is 1. The second kappa shape index (κ2) is 5.68. The lowest BCUT2D eigenvalue weighted by Crippen LogP contribution is -2.16. The highest BCUT2D eigenvalue weighted by Crippen LogP contribution is 2.23. The van der Waals surface area contributed by atoms with Crippen LogP contribution in [-0.2, 0) is 11.2 Å². The zero-order valence-electron chi connectivity index (χ0n) is 11.7. The third-order valence-corrected chi connectivity index (χ3v) is 3.01. The van der Waals surface area contributed by atoms with Crippen LogP contribution in [0.5, 0.6) is 11.6 Å². The van der Waals surface area contributed by atoms with Crippen molar-refractivity contribution in [3.8, 4) is 11.6 Å². The Hall–Kier alpha value is -3.16. The number of para-hydroxylation sites is 2. The average Bonchev–Trinajstić information content (AvgIpc) is 2.96. The number of nitrogens with one attached hydrogen (secondary N) is 1. The third-order valence-electron chi connectivity index (χ3n) is 3.01. The van der Waals surface area contributed by atoms with Gasteiger partial charge in [-0.15, -0.1) is 0 Å². The van der Waals surface area contributed by atoms with Crippen molar-refractivity contribution in [3.63, 3.8) is 0 Å². The Balaban J connectivity index is 1.78. The summed E-state index contributed by atoms with van der Waals surface area (Å²) in [5.74, 6) is 0.405. The van der Waals surface area contributed by atoms with Gasteiger partial charge in [0.15, 0.2) is 0 Å². The zero-order chi connectivity index (χ0) is 15.5. The number of benzene rings is 1. The van der Waals surface area contributed by atoms with E-state index in [1.165, 1.54) is 24.0 Å². The van der Waals surface area contributed by atoms with Gasteiger partial charge in [-0.05, 0) is 12.1 Å². The van der Waals surface area contributed by atoms with Crippen LogP contribution in [0.4, 0.5) is 5.69 Å². The van der Waals surface area contributed by atoms with Gasteiger partial charge in [-0.25, -0.2) is 4.98 Å². The predicted molar refractivity (Wildman–Crippen MR) is 77.8 cm³/mol. The van der Waals surface area contributed by atoms with Crippen molar-refractivity contribution < 1.29 is 14.6 Å². The Labute approximate surface area is 125 Å². The standard InChI is InChI=1S/C14H13N5O3/c1-22-11-5-3-2-4-10(11)18-12(20)6-9-7-13(21)19-14(17-9)15-8-16-19/h2-5,7-8,21H,6H2,1H3,(H,18,20). The van der Waals surface area contributed by atoms with Gasteiger partial charge >= 0.3 is 0 Å². The summed E-state index contributed by atoms with van der Waals surface area (Å²) in [5, 5.41) is 16.3. The second-order valence-corrected chi connectivity index (χ2v) is 4.50. The van der Waals surface area contributed by atoms with Crippen molar-refractivity contribution in [1.82, 2.24) is 19.6 Å². The molecule has 0 atom stereocenters. The van der Waals surface area contributed by atoms with E-state index in [1.807, 2.05) is 6.07 Å². The first-order valence-corrected chi connectivity index (χ1v) is 6.49. The number of amides is 1. The Bertz CT molecular complexity index is 830. The van der Waals surface area contributed by atoms with E-state index in [1.54, 1.807) is 18.2 Å². The normalized spacial score (nSPS) is 10.6. The van der Waals surface area contributed by atoms with Crippen LogP contribution >= 0.6 is 0 Å². The van der Waals surface area contributed by atoms with Crippen molar-refractivity contribution >= 4 is 17.4 Å². The number of hydrogen-bond acceptors (Lipinski definition) is 6. The number of anilines is 1. The number of aromatic hydroxyl groups is 1. The summed E-state index contributed by atoms with van der Waals surface area (Å²) in [6.07, 6.45) is 1.27. The minimum atomic E-state index is -0.278. The molecule has 0 aliphatic rings. The van der Waals surface area contributed by atoms with E-state index in [9.17, 15) is 9.90 Å². The number of ether oxygens (including phenoxy) is 1. The Morgan fingerprint density at radius 2 is 2.23 bits per heavy atom. The molecule has 0 aliphatic heterocycles. The molecule has 112 valence electrons. The number of carbonyl (C=O) groups excluding carboxylic acids is 1. The largest absolute Gasteiger partial charge is 0.495 e. The number of methoxy groups -OCH3 is 1. The first-order chi connectivity index (χ1) is 10.7. The number of aromatic nitrogens is 4. The first kappa shape index (κ1) is 13.8. The highest BCUT2D eigenvalue weighted by atomic mass is 16.5. The van der Waals surface area contributed by atoms with Crippen molar-refractivity contribution in [1.29, 1.82) is 0 Å². The highest BCUT2D eigenvalue weighted by molar-refractivity contribution is 5.93. The fourth-order valence-corrected chi connectivity index (χ4v) is 2.04. The fraction of sp³-hybridized carbons (Fsp3) is 0.143. The molecule has 0 fully saturated rings. The molecule has 0 bridgehead atoms. The lowest BCUT2D eigenvalue weighted by molar-refractivity contribution is -0.115. The molecule has 0 saturated heterocycles. The molecule has 2 heterocycles. The molecule has 8 heteroatoms. The Kier molecular flexibility index (Phi) is 3.57. The van der Waals surface area contributed by atoms with E-state index < -0.39 is 0 Å². The molecular weight excluding hydrogens is 286 g/mol. The summed E-state index contributed by atoms with van der Waals surface area (Å²) in [7, 11) is 1.53. The minimum absolute atomic E-state index is 0.00499. The molecule has 1 aromatic carbocycles. The van der Waals surface area contributed by atoms with Gasteiger partial charge in [0, 0.05) is 6.07 Å². The molecule has 2 aromatic heterocycles. The maximum Gasteiger partial charge on any atom is 0.255 e. The van der Waals surface area contributed by atoms with Gasteiger partial charge in [0.25, 0.3) is 5.78 Å². The zero-order valence-corrected chi connectivity index (χ0v) is 11.7. The molecule has 0 saturated carbocycles. The second-order valence-electron chi connectivity index (χ2n) is 4.50. The number of hydrogen-bond donors (Lipinski definition) is 2. The molecule has 2 N–H and O–H groups in total. The van der Waals surface area contributed by atoms with Crippen LogP contribution in [0.3, 0.4) is 0 Å². The molecular formula is C14H13N5O3. The van der Waals surface area contributed by atoms with Gasteiger partial charge in [-0.1, -0.05) is 12.1 Å². The summed E-state index contributed by atoms with van der Waals surface area (Å²) in [6, 6.07) is 8.48. The molecule has 22 heavy (non-hydrogen) atoms. The molecule has 1 amide bonds. The monoisotopic (exact) mass is 299 g/mol. The van der Waals surface area contributed by atoms with Gasteiger partial charge < -0.3 is 15.2 Å². The number of fused-ring (bicyclic) bond motifs is 1.